The van der Waals surface area contributed by atoms with Gasteiger partial charge in [-0.25, -0.2) is 0 Å². The highest BCUT2D eigenvalue weighted by atomic mass is 16.6. The van der Waals surface area contributed by atoms with Crippen LogP contribution in [0.4, 0.5) is 0 Å². The van der Waals surface area contributed by atoms with Crippen LogP contribution in [0.2, 0.25) is 0 Å². The van der Waals surface area contributed by atoms with Crippen molar-refractivity contribution in [2.24, 2.45) is 0 Å². The molecule has 0 rings (SSSR count). The number of allylic oxidation sites excluding steroid dienone is 16. The van der Waals surface area contributed by atoms with E-state index in [4.69, 9.17) is 14.2 Å². The first-order valence-electron chi connectivity index (χ1n) is 25.7. The van der Waals surface area contributed by atoms with Gasteiger partial charge in [-0.05, 0) is 103 Å². The molecule has 0 N–H and O–H groups in total. The van der Waals surface area contributed by atoms with Gasteiger partial charge in [-0.3, -0.25) is 14.4 Å². The summed E-state index contributed by atoms with van der Waals surface area (Å²) in [5.41, 5.74) is 0. The van der Waals surface area contributed by atoms with Gasteiger partial charge in [0.2, 0.25) is 0 Å². The summed E-state index contributed by atoms with van der Waals surface area (Å²) in [5.74, 6) is -0.945. The third-order valence-electron chi connectivity index (χ3n) is 10.6. The third kappa shape index (κ3) is 49.2. The molecule has 1 unspecified atom stereocenters. The van der Waals surface area contributed by atoms with Crippen LogP contribution in [0.5, 0.6) is 0 Å². The summed E-state index contributed by atoms with van der Waals surface area (Å²) >= 11 is 0. The van der Waals surface area contributed by atoms with Gasteiger partial charge in [-0.1, -0.05) is 201 Å². The maximum Gasteiger partial charge on any atom is 0.306 e. The second-order valence-corrected chi connectivity index (χ2v) is 16.7. The Kier molecular flexibility index (Phi) is 48.0. The molecule has 0 aliphatic heterocycles. The normalized spacial score (nSPS) is 12.9. The number of hydrogen-bond acceptors (Lipinski definition) is 6. The zero-order valence-corrected chi connectivity index (χ0v) is 40.8. The molecule has 0 radical (unpaired) electrons. The Hall–Kier alpha value is -3.67. The predicted octanol–water partition coefficient (Wildman–Crippen LogP) is 17.0. The molecule has 0 heterocycles. The maximum atomic E-state index is 12.7. The number of rotatable bonds is 45. The number of unbranched alkanes of at least 4 members (excludes halogenated alkanes) is 18. The third-order valence-corrected chi connectivity index (χ3v) is 10.6. The summed E-state index contributed by atoms with van der Waals surface area (Å²) in [4.78, 5) is 37.8. The van der Waals surface area contributed by atoms with Crippen LogP contribution in [0.1, 0.15) is 226 Å². The molecule has 0 aliphatic carbocycles. The van der Waals surface area contributed by atoms with E-state index in [9.17, 15) is 14.4 Å². The van der Waals surface area contributed by atoms with Crippen molar-refractivity contribution >= 4 is 17.9 Å². The minimum absolute atomic E-state index is 0.0915. The van der Waals surface area contributed by atoms with Crippen LogP contribution in [0, 0.1) is 0 Å². The molecule has 0 aromatic carbocycles. The van der Waals surface area contributed by atoms with E-state index in [1.165, 1.54) is 64.2 Å². The van der Waals surface area contributed by atoms with Crippen molar-refractivity contribution in [1.82, 2.24) is 0 Å². The summed E-state index contributed by atoms with van der Waals surface area (Å²) < 4.78 is 16.7. The van der Waals surface area contributed by atoms with Gasteiger partial charge in [-0.15, -0.1) is 0 Å². The van der Waals surface area contributed by atoms with Gasteiger partial charge < -0.3 is 14.2 Å². The lowest BCUT2D eigenvalue weighted by atomic mass is 10.1. The molecule has 0 aromatic heterocycles. The monoisotopic (exact) mass is 875 g/mol. The summed E-state index contributed by atoms with van der Waals surface area (Å²) in [5, 5.41) is 0. The SMILES string of the molecule is CC/C=C\C/C=C\C/C=C\C/C=C\C/C=C\C/C=C\C/C=C\CCCCCC(=O)OCC(COC(=O)CCCCCCCCCC)OC(=O)CCCCCCC/C=C\CCCCC. The smallest absolute Gasteiger partial charge is 0.306 e. The van der Waals surface area contributed by atoms with E-state index in [1.807, 2.05) is 0 Å². The fourth-order valence-corrected chi connectivity index (χ4v) is 6.71. The zero-order valence-electron chi connectivity index (χ0n) is 40.8. The lowest BCUT2D eigenvalue weighted by Gasteiger charge is -2.18. The van der Waals surface area contributed by atoms with E-state index >= 15 is 0 Å². The van der Waals surface area contributed by atoms with Crippen molar-refractivity contribution in [3.63, 3.8) is 0 Å². The molecule has 0 spiro atoms. The molecule has 6 nitrogen and oxygen atoms in total. The van der Waals surface area contributed by atoms with Crippen LogP contribution < -0.4 is 0 Å². The predicted molar refractivity (Wildman–Crippen MR) is 270 cm³/mol. The fraction of sp³-hybridized carbons (Fsp3) is 0.667. The molecular formula is C57H94O6. The van der Waals surface area contributed by atoms with Crippen molar-refractivity contribution in [2.45, 2.75) is 232 Å². The van der Waals surface area contributed by atoms with Gasteiger partial charge >= 0.3 is 17.9 Å². The Bertz CT molecular complexity index is 1280. The van der Waals surface area contributed by atoms with Crippen LogP contribution in [0.15, 0.2) is 97.2 Å². The molecule has 63 heavy (non-hydrogen) atoms. The van der Waals surface area contributed by atoms with Crippen LogP contribution in [-0.4, -0.2) is 37.2 Å². The molecule has 0 bridgehead atoms. The number of esters is 3. The van der Waals surface area contributed by atoms with E-state index in [1.54, 1.807) is 0 Å². The van der Waals surface area contributed by atoms with Gasteiger partial charge in [0.05, 0.1) is 0 Å². The maximum absolute atomic E-state index is 12.7. The van der Waals surface area contributed by atoms with E-state index in [0.717, 1.165) is 122 Å². The molecule has 0 saturated carbocycles. The molecule has 0 aromatic rings. The second kappa shape index (κ2) is 51.0. The molecule has 0 amide bonds. The fourth-order valence-electron chi connectivity index (χ4n) is 6.71. The summed E-state index contributed by atoms with van der Waals surface area (Å²) in [6, 6.07) is 0. The van der Waals surface area contributed by atoms with Crippen molar-refractivity contribution in [3.05, 3.63) is 97.2 Å². The number of ether oxygens (including phenoxy) is 3. The molecule has 1 atom stereocenters. The van der Waals surface area contributed by atoms with E-state index in [-0.39, 0.29) is 31.1 Å². The van der Waals surface area contributed by atoms with Crippen LogP contribution in [-0.2, 0) is 28.6 Å². The van der Waals surface area contributed by atoms with Gasteiger partial charge in [-0.2, -0.15) is 0 Å². The van der Waals surface area contributed by atoms with Crippen LogP contribution >= 0.6 is 0 Å². The van der Waals surface area contributed by atoms with E-state index in [0.29, 0.717) is 19.3 Å². The topological polar surface area (TPSA) is 78.9 Å². The Balaban J connectivity index is 4.32. The molecular weight excluding hydrogens is 781 g/mol. The van der Waals surface area contributed by atoms with Gasteiger partial charge in [0, 0.05) is 19.3 Å². The Morgan fingerprint density at radius 1 is 0.333 bits per heavy atom. The minimum Gasteiger partial charge on any atom is -0.462 e. The zero-order chi connectivity index (χ0) is 45.8. The van der Waals surface area contributed by atoms with Crippen LogP contribution in [0.3, 0.4) is 0 Å². The average Bonchev–Trinajstić information content (AvgIpc) is 3.28. The average molecular weight is 875 g/mol. The highest BCUT2D eigenvalue weighted by Gasteiger charge is 2.19. The number of carbonyl (C=O) groups is 3. The Morgan fingerprint density at radius 2 is 0.619 bits per heavy atom. The first kappa shape index (κ1) is 59.3. The van der Waals surface area contributed by atoms with Crippen molar-refractivity contribution in [3.8, 4) is 0 Å². The largest absolute Gasteiger partial charge is 0.462 e. The van der Waals surface area contributed by atoms with Crippen molar-refractivity contribution < 1.29 is 28.6 Å². The van der Waals surface area contributed by atoms with Crippen LogP contribution in [0.25, 0.3) is 0 Å². The highest BCUT2D eigenvalue weighted by molar-refractivity contribution is 5.71. The first-order chi connectivity index (χ1) is 31.0. The molecule has 358 valence electrons. The number of hydrogen-bond donors (Lipinski definition) is 0. The molecule has 0 saturated heterocycles. The second-order valence-electron chi connectivity index (χ2n) is 16.7. The van der Waals surface area contributed by atoms with Crippen molar-refractivity contribution in [2.75, 3.05) is 13.2 Å². The lowest BCUT2D eigenvalue weighted by Crippen LogP contribution is -2.30. The van der Waals surface area contributed by atoms with Gasteiger partial charge in [0.1, 0.15) is 13.2 Å². The summed E-state index contributed by atoms with van der Waals surface area (Å²) in [7, 11) is 0. The summed E-state index contributed by atoms with van der Waals surface area (Å²) in [6.07, 6.45) is 66.9. The first-order valence-corrected chi connectivity index (χ1v) is 25.7. The minimum atomic E-state index is -0.792. The lowest BCUT2D eigenvalue weighted by molar-refractivity contribution is -0.167. The highest BCUT2D eigenvalue weighted by Crippen LogP contribution is 2.13. The number of carbonyl (C=O) groups excluding carboxylic acids is 3. The van der Waals surface area contributed by atoms with Gasteiger partial charge in [0.15, 0.2) is 6.10 Å². The van der Waals surface area contributed by atoms with Gasteiger partial charge in [0.25, 0.3) is 0 Å². The molecule has 6 heteroatoms. The van der Waals surface area contributed by atoms with E-state index in [2.05, 4.69) is 118 Å². The quantitative estimate of drug-likeness (QED) is 0.0262. The van der Waals surface area contributed by atoms with Crippen molar-refractivity contribution in [1.29, 1.82) is 0 Å². The Labute approximate surface area is 387 Å². The van der Waals surface area contributed by atoms with E-state index < -0.39 is 6.10 Å². The molecule has 0 aliphatic rings. The molecule has 0 fully saturated rings. The standard InChI is InChI=1S/C57H94O6/c1-4-7-10-13-16-19-21-23-24-25-26-27-28-29-30-31-32-33-34-35-37-38-41-44-47-50-56(59)62-53-54(52-61-55(58)49-46-43-40-18-15-12-9-6-3)63-57(60)51-48-45-42-39-36-22-20-17-14-11-8-5-2/h7,10,16-17,19-20,23-24,26-27,29-30,32-33,35,37,54H,4-6,8-9,11-15,18,21-22,25,28,31,34,36,38-53H2,1-3H3/b10-7-,19-16-,20-17-,24-23-,27-26-,30-29-,33-32-,37-35-. The summed E-state index contributed by atoms with van der Waals surface area (Å²) in [6.45, 7) is 6.42. The Morgan fingerprint density at radius 3 is 1.03 bits per heavy atom.